The Morgan fingerprint density at radius 1 is 0.719 bits per heavy atom. The van der Waals surface area contributed by atoms with Gasteiger partial charge in [-0.05, 0) is 62.9 Å². The number of hydrogen-bond donors (Lipinski definition) is 0. The molecular weight excluding hydrogens is 385 g/mol. The van der Waals surface area contributed by atoms with Gasteiger partial charge in [-0.25, -0.2) is 0 Å². The number of aryl methyl sites for hydroxylation is 1. The first kappa shape index (κ1) is 20.5. The normalized spacial score (nSPS) is 11.9. The van der Waals surface area contributed by atoms with E-state index in [1.165, 1.54) is 32.7 Å². The van der Waals surface area contributed by atoms with Crippen LogP contribution in [0.4, 0.5) is 0 Å². The van der Waals surface area contributed by atoms with Gasteiger partial charge in [0.25, 0.3) is 0 Å². The third-order valence-corrected chi connectivity index (χ3v) is 6.38. The van der Waals surface area contributed by atoms with Gasteiger partial charge >= 0.3 is 0 Å². The third-order valence-electron chi connectivity index (χ3n) is 6.38. The van der Waals surface area contributed by atoms with Crippen LogP contribution in [-0.4, -0.2) is 12.8 Å². The van der Waals surface area contributed by atoms with Gasteiger partial charge in [0.15, 0.2) is 0 Å². The Balaban J connectivity index is 1.65. The summed E-state index contributed by atoms with van der Waals surface area (Å²) < 4.78 is 0. The molecule has 0 aliphatic rings. The number of pyridine rings is 1. The molecule has 0 bridgehead atoms. The van der Waals surface area contributed by atoms with Crippen LogP contribution in [-0.2, 0) is 5.41 Å². The van der Waals surface area contributed by atoms with Crippen molar-refractivity contribution in [1.82, 2.24) is 4.98 Å². The van der Waals surface area contributed by atoms with Crippen LogP contribution in [0, 0.1) is 6.92 Å². The Bertz CT molecular complexity index is 1470. The topological polar surface area (TPSA) is 12.9 Å². The summed E-state index contributed by atoms with van der Waals surface area (Å²) in [5, 5.41) is 4.95. The zero-order valence-electron chi connectivity index (χ0n) is 19.1. The van der Waals surface area contributed by atoms with Crippen LogP contribution in [0.3, 0.4) is 0 Å². The van der Waals surface area contributed by atoms with E-state index in [2.05, 4.69) is 88.4 Å². The van der Waals surface area contributed by atoms with Crippen LogP contribution in [0.2, 0.25) is 0 Å². The molecule has 154 valence electrons. The van der Waals surface area contributed by atoms with Crippen molar-refractivity contribution in [3.63, 3.8) is 0 Å². The molecule has 0 saturated carbocycles. The van der Waals surface area contributed by atoms with Crippen molar-refractivity contribution in [2.75, 3.05) is 0 Å². The fourth-order valence-corrected chi connectivity index (χ4v) is 4.55. The highest BCUT2D eigenvalue weighted by Crippen LogP contribution is 2.35. The summed E-state index contributed by atoms with van der Waals surface area (Å²) >= 11 is 0. The molecule has 1 heterocycles. The van der Waals surface area contributed by atoms with Crippen LogP contribution in [0.25, 0.3) is 43.9 Å². The second-order valence-corrected chi connectivity index (χ2v) is 9.62. The number of aromatic nitrogens is 1. The van der Waals surface area contributed by atoms with E-state index in [-0.39, 0.29) is 5.41 Å². The van der Waals surface area contributed by atoms with E-state index in [1.807, 2.05) is 24.4 Å². The molecule has 0 aliphatic heterocycles. The lowest BCUT2D eigenvalue weighted by molar-refractivity contribution is 0.591. The average molecular weight is 411 g/mol. The van der Waals surface area contributed by atoms with Gasteiger partial charge in [0, 0.05) is 17.1 Å². The molecule has 0 spiro atoms. The van der Waals surface area contributed by atoms with Crippen molar-refractivity contribution in [3.8, 4) is 22.4 Å². The first-order valence-electron chi connectivity index (χ1n) is 11.1. The lowest BCUT2D eigenvalue weighted by atomic mass is 9.84. The van der Waals surface area contributed by atoms with Gasteiger partial charge in [0.2, 0.25) is 0 Å². The molecule has 2 heteroatoms. The lowest BCUT2D eigenvalue weighted by Gasteiger charge is -2.20. The number of hydrogen-bond acceptors (Lipinski definition) is 1. The van der Waals surface area contributed by atoms with Crippen LogP contribution >= 0.6 is 0 Å². The maximum atomic E-state index is 6.22. The predicted octanol–water partition coefficient (Wildman–Crippen LogP) is 7.12. The summed E-state index contributed by atoms with van der Waals surface area (Å²) in [5.41, 5.74) is 7.84. The molecule has 0 atom stereocenters. The van der Waals surface area contributed by atoms with Gasteiger partial charge in [-0.3, -0.25) is 4.98 Å². The van der Waals surface area contributed by atoms with E-state index in [0.29, 0.717) is 0 Å². The highest BCUT2D eigenvalue weighted by Gasteiger charge is 2.15. The van der Waals surface area contributed by atoms with Crippen LogP contribution < -0.4 is 5.46 Å². The average Bonchev–Trinajstić information content (AvgIpc) is 2.78. The second-order valence-electron chi connectivity index (χ2n) is 9.62. The SMILES string of the molecule is [B]c1ccccc1-c1ccc(-c2nccc3c2ccc2cc(C(C)(C)C)ccc23)cc1C. The van der Waals surface area contributed by atoms with Crippen LogP contribution in [0.15, 0.2) is 85.1 Å². The molecule has 0 fully saturated rings. The van der Waals surface area contributed by atoms with E-state index in [0.717, 1.165) is 27.8 Å². The van der Waals surface area contributed by atoms with Gasteiger partial charge in [0.1, 0.15) is 7.85 Å². The molecule has 1 nitrogen and oxygen atoms in total. The Labute approximate surface area is 191 Å². The van der Waals surface area contributed by atoms with Crippen molar-refractivity contribution in [1.29, 1.82) is 0 Å². The van der Waals surface area contributed by atoms with Gasteiger partial charge in [-0.15, -0.1) is 0 Å². The maximum Gasteiger partial charge on any atom is 0.114 e. The number of rotatable bonds is 2. The molecule has 0 aliphatic carbocycles. The fourth-order valence-electron chi connectivity index (χ4n) is 4.55. The number of fused-ring (bicyclic) bond motifs is 3. The smallest absolute Gasteiger partial charge is 0.114 e. The molecule has 4 aromatic carbocycles. The zero-order chi connectivity index (χ0) is 22.5. The van der Waals surface area contributed by atoms with Crippen molar-refractivity contribution in [3.05, 3.63) is 96.2 Å². The highest BCUT2D eigenvalue weighted by atomic mass is 14.7. The van der Waals surface area contributed by atoms with Crippen molar-refractivity contribution in [2.24, 2.45) is 0 Å². The van der Waals surface area contributed by atoms with Crippen molar-refractivity contribution >= 4 is 34.9 Å². The maximum absolute atomic E-state index is 6.22. The molecule has 2 radical (unpaired) electrons. The minimum atomic E-state index is 0.133. The summed E-state index contributed by atoms with van der Waals surface area (Å²) in [7, 11) is 6.22. The quantitative estimate of drug-likeness (QED) is 0.223. The minimum Gasteiger partial charge on any atom is -0.256 e. The summed E-state index contributed by atoms with van der Waals surface area (Å²) in [6.45, 7) is 8.91. The van der Waals surface area contributed by atoms with Crippen LogP contribution in [0.1, 0.15) is 31.9 Å². The Kier molecular flexibility index (Phi) is 4.89. The molecule has 1 aromatic heterocycles. The Hall–Kier alpha value is -3.39. The predicted molar refractivity (Wildman–Crippen MR) is 139 cm³/mol. The van der Waals surface area contributed by atoms with Gasteiger partial charge in [0.05, 0.1) is 5.69 Å². The van der Waals surface area contributed by atoms with Gasteiger partial charge < -0.3 is 0 Å². The molecule has 0 unspecified atom stereocenters. The highest BCUT2D eigenvalue weighted by molar-refractivity contribution is 6.36. The first-order valence-corrected chi connectivity index (χ1v) is 11.1. The molecule has 0 amide bonds. The standard InChI is InChI=1S/C30H26BN/c1-19-17-21(10-12-23(19)26-7-5-6-8-28(26)31)29-27-13-9-20-18-22(30(2,3)4)11-14-24(20)25(27)15-16-32-29/h5-18H,1-4H3. The fraction of sp³-hybridized carbons (Fsp3) is 0.167. The number of nitrogens with zero attached hydrogens (tertiary/aromatic N) is 1. The molecule has 5 aromatic rings. The van der Waals surface area contributed by atoms with Crippen LogP contribution in [0.5, 0.6) is 0 Å². The monoisotopic (exact) mass is 411 g/mol. The van der Waals surface area contributed by atoms with E-state index in [9.17, 15) is 0 Å². The van der Waals surface area contributed by atoms with Gasteiger partial charge in [-0.1, -0.05) is 93.0 Å². The zero-order valence-corrected chi connectivity index (χ0v) is 19.1. The van der Waals surface area contributed by atoms with Crippen molar-refractivity contribution < 1.29 is 0 Å². The largest absolute Gasteiger partial charge is 0.256 e. The molecule has 32 heavy (non-hydrogen) atoms. The lowest BCUT2D eigenvalue weighted by Crippen LogP contribution is -2.10. The minimum absolute atomic E-state index is 0.133. The summed E-state index contributed by atoms with van der Waals surface area (Å²) in [6.07, 6.45) is 1.92. The van der Waals surface area contributed by atoms with E-state index in [1.54, 1.807) is 0 Å². The summed E-state index contributed by atoms with van der Waals surface area (Å²) in [4.78, 5) is 4.78. The third kappa shape index (κ3) is 3.50. The molecule has 0 saturated heterocycles. The van der Waals surface area contributed by atoms with Crippen molar-refractivity contribution in [2.45, 2.75) is 33.1 Å². The van der Waals surface area contributed by atoms with E-state index in [4.69, 9.17) is 12.8 Å². The second kappa shape index (κ2) is 7.64. The number of benzene rings is 4. The Morgan fingerprint density at radius 2 is 1.50 bits per heavy atom. The molecule has 5 rings (SSSR count). The summed E-state index contributed by atoms with van der Waals surface area (Å²) in [6, 6.07) is 28.0. The summed E-state index contributed by atoms with van der Waals surface area (Å²) in [5.74, 6) is 0. The first-order chi connectivity index (χ1) is 15.3. The molecular formula is C30H26BN. The Morgan fingerprint density at radius 3 is 2.25 bits per heavy atom. The van der Waals surface area contributed by atoms with E-state index >= 15 is 0 Å². The van der Waals surface area contributed by atoms with E-state index < -0.39 is 0 Å². The van der Waals surface area contributed by atoms with Gasteiger partial charge in [-0.2, -0.15) is 0 Å². The molecule has 0 N–H and O–H groups in total.